The first-order valence-electron chi connectivity index (χ1n) is 8.13. The number of hydrogen-bond acceptors (Lipinski definition) is 3. The summed E-state index contributed by atoms with van der Waals surface area (Å²) in [6.45, 7) is 0.199. The standard InChI is InChI=1S/C18H21F3N4O2/c1-24(2)15(14-5-4-10-25(14)3)11-22-16(26)17(27)23-13-8-6-12(7-9-13)18(19,20)21/h4-10,15H,11H2,1-3H3,(H,22,26)(H,23,27)/t15-/m1/s1. The van der Waals surface area contributed by atoms with Crippen molar-refractivity contribution in [3.05, 3.63) is 53.9 Å². The summed E-state index contributed by atoms with van der Waals surface area (Å²) >= 11 is 0. The number of nitrogens with one attached hydrogen (secondary N) is 2. The average molecular weight is 382 g/mol. The minimum Gasteiger partial charge on any atom is -0.353 e. The lowest BCUT2D eigenvalue weighted by molar-refractivity contribution is -0.137. The lowest BCUT2D eigenvalue weighted by Crippen LogP contribution is -2.40. The lowest BCUT2D eigenvalue weighted by atomic mass is 10.2. The second-order valence-corrected chi connectivity index (χ2v) is 6.26. The summed E-state index contributed by atoms with van der Waals surface area (Å²) in [4.78, 5) is 25.9. The highest BCUT2D eigenvalue weighted by Crippen LogP contribution is 2.29. The molecule has 0 aliphatic carbocycles. The maximum absolute atomic E-state index is 12.5. The van der Waals surface area contributed by atoms with Crippen molar-refractivity contribution in [2.75, 3.05) is 26.0 Å². The van der Waals surface area contributed by atoms with E-state index >= 15 is 0 Å². The Morgan fingerprint density at radius 1 is 1.11 bits per heavy atom. The fourth-order valence-electron chi connectivity index (χ4n) is 2.57. The minimum atomic E-state index is -4.46. The summed E-state index contributed by atoms with van der Waals surface area (Å²) in [5.41, 5.74) is 0.236. The lowest BCUT2D eigenvalue weighted by Gasteiger charge is -2.25. The molecule has 0 bridgehead atoms. The van der Waals surface area contributed by atoms with Gasteiger partial charge in [0.15, 0.2) is 0 Å². The van der Waals surface area contributed by atoms with Gasteiger partial charge in [0, 0.05) is 31.2 Å². The van der Waals surface area contributed by atoms with Crippen LogP contribution < -0.4 is 10.6 Å². The van der Waals surface area contributed by atoms with Crippen LogP contribution in [0.3, 0.4) is 0 Å². The zero-order valence-corrected chi connectivity index (χ0v) is 15.2. The van der Waals surface area contributed by atoms with Gasteiger partial charge in [-0.25, -0.2) is 0 Å². The quantitative estimate of drug-likeness (QED) is 0.781. The van der Waals surface area contributed by atoms with E-state index in [9.17, 15) is 22.8 Å². The van der Waals surface area contributed by atoms with Gasteiger partial charge in [-0.15, -0.1) is 0 Å². The Morgan fingerprint density at radius 2 is 1.74 bits per heavy atom. The fraction of sp³-hybridized carbons (Fsp3) is 0.333. The number of alkyl halides is 3. The van der Waals surface area contributed by atoms with Crippen molar-refractivity contribution < 1.29 is 22.8 Å². The van der Waals surface area contributed by atoms with Crippen LogP contribution in [0.1, 0.15) is 17.3 Å². The van der Waals surface area contributed by atoms with Gasteiger partial charge in [-0.05, 0) is 50.5 Å². The van der Waals surface area contributed by atoms with Crippen LogP contribution in [0.15, 0.2) is 42.6 Å². The van der Waals surface area contributed by atoms with E-state index in [0.717, 1.165) is 30.0 Å². The van der Waals surface area contributed by atoms with Crippen LogP contribution >= 0.6 is 0 Å². The predicted octanol–water partition coefficient (Wildman–Crippen LogP) is 2.40. The summed E-state index contributed by atoms with van der Waals surface area (Å²) in [6.07, 6.45) is -2.58. The zero-order valence-electron chi connectivity index (χ0n) is 15.2. The van der Waals surface area contributed by atoms with Crippen molar-refractivity contribution in [2.45, 2.75) is 12.2 Å². The number of benzene rings is 1. The van der Waals surface area contributed by atoms with E-state index in [4.69, 9.17) is 0 Å². The predicted molar refractivity (Wildman–Crippen MR) is 94.9 cm³/mol. The molecule has 0 saturated heterocycles. The molecule has 1 heterocycles. The summed E-state index contributed by atoms with van der Waals surface area (Å²) in [7, 11) is 5.59. The Morgan fingerprint density at radius 3 is 2.22 bits per heavy atom. The van der Waals surface area contributed by atoms with Gasteiger partial charge in [0.25, 0.3) is 0 Å². The zero-order chi connectivity index (χ0) is 20.2. The van der Waals surface area contributed by atoms with Crippen LogP contribution in [-0.4, -0.2) is 41.9 Å². The van der Waals surface area contributed by atoms with Gasteiger partial charge in [0.1, 0.15) is 0 Å². The van der Waals surface area contributed by atoms with Crippen LogP contribution in [0.2, 0.25) is 0 Å². The Bertz CT molecular complexity index is 798. The fourth-order valence-corrected chi connectivity index (χ4v) is 2.57. The molecule has 2 amide bonds. The maximum Gasteiger partial charge on any atom is 0.416 e. The van der Waals surface area contributed by atoms with E-state index < -0.39 is 23.6 Å². The van der Waals surface area contributed by atoms with Gasteiger partial charge in [-0.3, -0.25) is 14.5 Å². The number of halogens is 3. The molecule has 0 aliphatic rings. The van der Waals surface area contributed by atoms with E-state index in [1.54, 1.807) is 0 Å². The van der Waals surface area contributed by atoms with E-state index in [0.29, 0.717) is 0 Å². The highest BCUT2D eigenvalue weighted by atomic mass is 19.4. The molecule has 1 aromatic carbocycles. The molecule has 0 saturated carbocycles. The van der Waals surface area contributed by atoms with Gasteiger partial charge in [0.2, 0.25) is 0 Å². The minimum absolute atomic E-state index is 0.106. The van der Waals surface area contributed by atoms with Crippen molar-refractivity contribution >= 4 is 17.5 Å². The number of rotatable bonds is 5. The van der Waals surface area contributed by atoms with Crippen LogP contribution in [0.5, 0.6) is 0 Å². The van der Waals surface area contributed by atoms with Crippen molar-refractivity contribution in [2.24, 2.45) is 7.05 Å². The van der Waals surface area contributed by atoms with Gasteiger partial charge in [-0.2, -0.15) is 13.2 Å². The van der Waals surface area contributed by atoms with E-state index in [2.05, 4.69) is 10.6 Å². The molecular weight excluding hydrogens is 361 g/mol. The number of aromatic nitrogens is 1. The topological polar surface area (TPSA) is 66.4 Å². The first-order valence-corrected chi connectivity index (χ1v) is 8.13. The molecular formula is C18H21F3N4O2. The van der Waals surface area contributed by atoms with E-state index in [1.807, 2.05) is 48.9 Å². The highest BCUT2D eigenvalue weighted by molar-refractivity contribution is 6.39. The number of carbonyl (C=O) groups is 2. The average Bonchev–Trinajstić information content (AvgIpc) is 3.00. The van der Waals surface area contributed by atoms with Gasteiger partial charge < -0.3 is 15.2 Å². The largest absolute Gasteiger partial charge is 0.416 e. The van der Waals surface area contributed by atoms with Crippen LogP contribution in [0, 0.1) is 0 Å². The second kappa shape index (κ2) is 8.26. The van der Waals surface area contributed by atoms with Crippen molar-refractivity contribution in [1.82, 2.24) is 14.8 Å². The Kier molecular flexibility index (Phi) is 6.27. The molecule has 6 nitrogen and oxygen atoms in total. The first-order chi connectivity index (χ1) is 12.6. The maximum atomic E-state index is 12.5. The normalized spacial score (nSPS) is 12.7. The van der Waals surface area contributed by atoms with Crippen LogP contribution in [0.4, 0.5) is 18.9 Å². The molecule has 0 fully saturated rings. The van der Waals surface area contributed by atoms with Crippen molar-refractivity contribution in [3.8, 4) is 0 Å². The number of hydrogen-bond donors (Lipinski definition) is 2. The number of nitrogens with zero attached hydrogens (tertiary/aromatic N) is 2. The Hall–Kier alpha value is -2.81. The molecule has 27 heavy (non-hydrogen) atoms. The number of likely N-dealkylation sites (N-methyl/N-ethyl adjacent to an activating group) is 1. The number of amides is 2. The third-order valence-corrected chi connectivity index (χ3v) is 4.08. The van der Waals surface area contributed by atoms with Crippen LogP contribution in [-0.2, 0) is 22.8 Å². The van der Waals surface area contributed by atoms with Gasteiger partial charge in [0.05, 0.1) is 11.6 Å². The molecule has 2 N–H and O–H groups in total. The summed E-state index contributed by atoms with van der Waals surface area (Å²) in [5, 5.41) is 4.83. The first kappa shape index (κ1) is 20.5. The third-order valence-electron chi connectivity index (χ3n) is 4.08. The molecule has 9 heteroatoms. The molecule has 2 rings (SSSR count). The Balaban J connectivity index is 1.95. The molecule has 0 spiro atoms. The summed E-state index contributed by atoms with van der Waals surface area (Å²) in [6, 6.07) is 7.52. The monoisotopic (exact) mass is 382 g/mol. The molecule has 1 aromatic heterocycles. The summed E-state index contributed by atoms with van der Waals surface area (Å²) < 4.78 is 39.5. The number of carbonyl (C=O) groups excluding carboxylic acids is 2. The van der Waals surface area contributed by atoms with Gasteiger partial charge >= 0.3 is 18.0 Å². The van der Waals surface area contributed by atoms with Crippen molar-refractivity contribution in [3.63, 3.8) is 0 Å². The van der Waals surface area contributed by atoms with E-state index in [1.165, 1.54) is 0 Å². The smallest absolute Gasteiger partial charge is 0.353 e. The molecule has 0 unspecified atom stereocenters. The van der Waals surface area contributed by atoms with Gasteiger partial charge in [-0.1, -0.05) is 0 Å². The third kappa shape index (κ3) is 5.33. The molecule has 0 aliphatic heterocycles. The SMILES string of the molecule is CN(C)[C@H](CNC(=O)C(=O)Nc1ccc(C(F)(F)F)cc1)c1cccn1C. The van der Waals surface area contributed by atoms with Crippen LogP contribution in [0.25, 0.3) is 0 Å². The number of aryl methyl sites for hydroxylation is 1. The molecule has 146 valence electrons. The molecule has 2 aromatic rings. The Labute approximate surface area is 155 Å². The highest BCUT2D eigenvalue weighted by Gasteiger charge is 2.30. The second-order valence-electron chi connectivity index (χ2n) is 6.26. The molecule has 0 radical (unpaired) electrons. The molecule has 1 atom stereocenters. The summed E-state index contributed by atoms with van der Waals surface area (Å²) in [5.74, 6) is -1.81. The van der Waals surface area contributed by atoms with E-state index in [-0.39, 0.29) is 18.3 Å². The van der Waals surface area contributed by atoms with Crippen molar-refractivity contribution in [1.29, 1.82) is 0 Å². The number of anilines is 1.